The van der Waals surface area contributed by atoms with Gasteiger partial charge in [-0.15, -0.1) is 0 Å². The minimum Gasteiger partial charge on any atom is -0.399 e. The summed E-state index contributed by atoms with van der Waals surface area (Å²) in [6.45, 7) is 9.14. The molecule has 0 radical (unpaired) electrons. The van der Waals surface area contributed by atoms with Gasteiger partial charge in [-0.3, -0.25) is 14.9 Å². The lowest BCUT2D eigenvalue weighted by atomic mass is 10.0. The van der Waals surface area contributed by atoms with E-state index in [4.69, 9.17) is 5.73 Å². The molecule has 0 unspecified atom stereocenters. The maximum atomic E-state index is 12.2. The van der Waals surface area contributed by atoms with Crippen molar-refractivity contribution in [3.05, 3.63) is 33.9 Å². The van der Waals surface area contributed by atoms with Crippen molar-refractivity contribution in [3.63, 3.8) is 0 Å². The third-order valence-corrected chi connectivity index (χ3v) is 5.25. The van der Waals surface area contributed by atoms with E-state index in [1.54, 1.807) is 0 Å². The molecule has 0 spiro atoms. The Morgan fingerprint density at radius 2 is 1.90 bits per heavy atom. The average Bonchev–Trinajstić information content (AvgIpc) is 2.76. The summed E-state index contributed by atoms with van der Waals surface area (Å²) in [5.41, 5.74) is 6.04. The molecule has 3 N–H and O–H groups in total. The minimum absolute atomic E-state index is 0.0104. The number of hydrogen-bond donors (Lipinski definition) is 2. The summed E-state index contributed by atoms with van der Waals surface area (Å²) < 4.78 is 0. The number of hydrogen-bond acceptors (Lipinski definition) is 4. The molecule has 0 aliphatic heterocycles. The maximum absolute atomic E-state index is 12.2. The van der Waals surface area contributed by atoms with E-state index in [9.17, 15) is 14.9 Å². The second-order valence-electron chi connectivity index (χ2n) is 6.74. The Kier molecular flexibility index (Phi) is 3.43. The number of rotatable bonds is 4. The highest BCUT2D eigenvalue weighted by Gasteiger charge is 2.64. The second kappa shape index (κ2) is 4.72. The van der Waals surface area contributed by atoms with Gasteiger partial charge in [0.05, 0.1) is 4.92 Å². The number of nitrogen functional groups attached to an aromatic ring is 1. The first-order valence-electron chi connectivity index (χ1n) is 6.91. The Morgan fingerprint density at radius 3 is 2.38 bits per heavy atom. The number of anilines is 1. The van der Waals surface area contributed by atoms with E-state index >= 15 is 0 Å². The molecule has 2 rings (SSSR count). The quantitative estimate of drug-likeness (QED) is 0.506. The Bertz CT molecular complexity index is 594. The van der Waals surface area contributed by atoms with Gasteiger partial charge in [-0.25, -0.2) is 0 Å². The smallest absolute Gasteiger partial charge is 0.282 e. The van der Waals surface area contributed by atoms with Crippen molar-refractivity contribution in [2.24, 2.45) is 16.7 Å². The summed E-state index contributed by atoms with van der Waals surface area (Å²) >= 11 is 0. The Labute approximate surface area is 123 Å². The van der Waals surface area contributed by atoms with Gasteiger partial charge in [0, 0.05) is 18.3 Å². The summed E-state index contributed by atoms with van der Waals surface area (Å²) in [7, 11) is 0. The summed E-state index contributed by atoms with van der Waals surface area (Å²) in [4.78, 5) is 22.6. The lowest BCUT2D eigenvalue weighted by Gasteiger charge is -2.07. The second-order valence-corrected chi connectivity index (χ2v) is 6.74. The molecule has 1 fully saturated rings. The average molecular weight is 291 g/mol. The molecule has 1 amide bonds. The van der Waals surface area contributed by atoms with Gasteiger partial charge in [0.25, 0.3) is 11.6 Å². The van der Waals surface area contributed by atoms with Crippen molar-refractivity contribution in [1.82, 2.24) is 5.32 Å². The molecule has 1 aromatic rings. The van der Waals surface area contributed by atoms with Crippen molar-refractivity contribution in [2.75, 3.05) is 12.3 Å². The van der Waals surface area contributed by atoms with Gasteiger partial charge in [0.1, 0.15) is 5.56 Å². The summed E-state index contributed by atoms with van der Waals surface area (Å²) in [6.07, 6.45) is 0. The standard InChI is InChI=1S/C15H21N3O3/c1-14(2)12(15(14,3)4)8-17-13(19)10-7-9(16)5-6-11(10)18(20)21/h5-7,12H,8,16H2,1-4H3,(H,17,19). The molecule has 1 aliphatic carbocycles. The van der Waals surface area contributed by atoms with Gasteiger partial charge in [-0.05, 0) is 28.9 Å². The van der Waals surface area contributed by atoms with Gasteiger partial charge < -0.3 is 11.1 Å². The van der Waals surface area contributed by atoms with Crippen molar-refractivity contribution in [2.45, 2.75) is 27.7 Å². The molecule has 0 saturated heterocycles. The summed E-state index contributed by atoms with van der Waals surface area (Å²) in [5, 5.41) is 13.8. The van der Waals surface area contributed by atoms with Crippen molar-refractivity contribution < 1.29 is 9.72 Å². The monoisotopic (exact) mass is 291 g/mol. The zero-order valence-corrected chi connectivity index (χ0v) is 12.8. The van der Waals surface area contributed by atoms with Crippen LogP contribution < -0.4 is 11.1 Å². The fourth-order valence-electron chi connectivity index (χ4n) is 3.03. The third kappa shape index (κ3) is 2.46. The van der Waals surface area contributed by atoms with Crippen LogP contribution in [0.25, 0.3) is 0 Å². The predicted molar refractivity (Wildman–Crippen MR) is 80.9 cm³/mol. The van der Waals surface area contributed by atoms with Crippen LogP contribution in [-0.4, -0.2) is 17.4 Å². The van der Waals surface area contributed by atoms with Crippen LogP contribution in [0, 0.1) is 26.9 Å². The highest BCUT2D eigenvalue weighted by Crippen LogP contribution is 2.67. The molecule has 1 aromatic carbocycles. The highest BCUT2D eigenvalue weighted by molar-refractivity contribution is 5.99. The molecule has 6 heteroatoms. The number of carbonyl (C=O) groups is 1. The van der Waals surface area contributed by atoms with Gasteiger partial charge >= 0.3 is 0 Å². The Balaban J connectivity index is 2.12. The predicted octanol–water partition coefficient (Wildman–Crippen LogP) is 2.59. The van der Waals surface area contributed by atoms with Crippen LogP contribution >= 0.6 is 0 Å². The molecule has 0 atom stereocenters. The van der Waals surface area contributed by atoms with E-state index in [0.717, 1.165) is 0 Å². The Morgan fingerprint density at radius 1 is 1.33 bits per heavy atom. The topological polar surface area (TPSA) is 98.3 Å². The van der Waals surface area contributed by atoms with Crippen molar-refractivity contribution in [1.29, 1.82) is 0 Å². The van der Waals surface area contributed by atoms with Crippen LogP contribution in [0.5, 0.6) is 0 Å². The number of nitrogens with zero attached hydrogens (tertiary/aromatic N) is 1. The number of carbonyl (C=O) groups excluding carboxylic acids is 1. The molecule has 0 heterocycles. The fraction of sp³-hybridized carbons (Fsp3) is 0.533. The van der Waals surface area contributed by atoms with Crippen LogP contribution in [0.4, 0.5) is 11.4 Å². The molecule has 1 saturated carbocycles. The van der Waals surface area contributed by atoms with Crippen LogP contribution in [0.3, 0.4) is 0 Å². The number of nitrogens with one attached hydrogen (secondary N) is 1. The first-order valence-corrected chi connectivity index (χ1v) is 6.91. The summed E-state index contributed by atoms with van der Waals surface area (Å²) in [6, 6.07) is 4.02. The normalized spacial score (nSPS) is 19.0. The lowest BCUT2D eigenvalue weighted by molar-refractivity contribution is -0.385. The highest BCUT2D eigenvalue weighted by atomic mass is 16.6. The van der Waals surface area contributed by atoms with E-state index in [2.05, 4.69) is 33.0 Å². The van der Waals surface area contributed by atoms with Gasteiger partial charge in [0.2, 0.25) is 0 Å². The largest absolute Gasteiger partial charge is 0.399 e. The summed E-state index contributed by atoms with van der Waals surface area (Å²) in [5.74, 6) is -0.0958. The van der Waals surface area contributed by atoms with Crippen LogP contribution in [0.1, 0.15) is 38.1 Å². The first kappa shape index (κ1) is 15.3. The number of amides is 1. The van der Waals surface area contributed by atoms with E-state index in [1.165, 1.54) is 18.2 Å². The molecule has 1 aliphatic rings. The first-order chi connectivity index (χ1) is 9.59. The number of nitrogens with two attached hydrogens (primary N) is 1. The zero-order valence-electron chi connectivity index (χ0n) is 12.8. The zero-order chi connectivity index (χ0) is 16.0. The molecular formula is C15H21N3O3. The van der Waals surface area contributed by atoms with E-state index < -0.39 is 10.8 Å². The molecular weight excluding hydrogens is 270 g/mol. The van der Waals surface area contributed by atoms with Crippen LogP contribution in [-0.2, 0) is 0 Å². The lowest BCUT2D eigenvalue weighted by Crippen LogP contribution is -2.27. The Hall–Kier alpha value is -2.11. The number of nitro benzene ring substituents is 1. The van der Waals surface area contributed by atoms with E-state index in [0.29, 0.717) is 18.2 Å². The van der Waals surface area contributed by atoms with Gasteiger partial charge in [-0.1, -0.05) is 27.7 Å². The SMILES string of the molecule is CC1(C)C(CNC(=O)c2cc(N)ccc2[N+](=O)[O-])C1(C)C. The van der Waals surface area contributed by atoms with Crippen molar-refractivity contribution >= 4 is 17.3 Å². The van der Waals surface area contributed by atoms with Gasteiger partial charge in [-0.2, -0.15) is 0 Å². The molecule has 0 aromatic heterocycles. The molecule has 0 bridgehead atoms. The maximum Gasteiger partial charge on any atom is 0.282 e. The third-order valence-electron chi connectivity index (χ3n) is 5.25. The fourth-order valence-corrected chi connectivity index (χ4v) is 3.03. The molecule has 114 valence electrons. The molecule has 6 nitrogen and oxygen atoms in total. The molecule has 21 heavy (non-hydrogen) atoms. The van der Waals surface area contributed by atoms with Crippen LogP contribution in [0.2, 0.25) is 0 Å². The number of benzene rings is 1. The van der Waals surface area contributed by atoms with Crippen LogP contribution in [0.15, 0.2) is 18.2 Å². The number of nitro groups is 1. The van der Waals surface area contributed by atoms with Crippen molar-refractivity contribution in [3.8, 4) is 0 Å². The van der Waals surface area contributed by atoms with E-state index in [1.807, 2.05) is 0 Å². The minimum atomic E-state index is -0.570. The van der Waals surface area contributed by atoms with E-state index in [-0.39, 0.29) is 22.1 Å². The van der Waals surface area contributed by atoms with Gasteiger partial charge in [0.15, 0.2) is 0 Å².